The van der Waals surface area contributed by atoms with Crippen molar-refractivity contribution in [3.05, 3.63) is 26.8 Å². The lowest BCUT2D eigenvalue weighted by atomic mass is 10.2. The first-order chi connectivity index (χ1) is 7.73. The van der Waals surface area contributed by atoms with Crippen molar-refractivity contribution >= 4 is 23.4 Å². The lowest BCUT2D eigenvalue weighted by Gasteiger charge is -2.08. The van der Waals surface area contributed by atoms with Crippen molar-refractivity contribution in [2.45, 2.75) is 6.18 Å². The molecular formula is C9H8F3N3OS. The maximum atomic E-state index is 12.8. The largest absolute Gasteiger partial charge is 0.418 e. The molecule has 0 aromatic carbocycles. The Morgan fingerprint density at radius 3 is 2.41 bits per heavy atom. The summed E-state index contributed by atoms with van der Waals surface area (Å²) in [6.07, 6.45) is -4.59. The van der Waals surface area contributed by atoms with E-state index in [1.165, 1.54) is 23.2 Å². The molecule has 0 fully saturated rings. The molecule has 8 heteroatoms. The van der Waals surface area contributed by atoms with Crippen LogP contribution in [0.4, 0.5) is 13.2 Å². The molecule has 2 heterocycles. The lowest BCUT2D eigenvalue weighted by Crippen LogP contribution is -2.15. The summed E-state index contributed by atoms with van der Waals surface area (Å²) < 4.78 is 41.2. The van der Waals surface area contributed by atoms with Gasteiger partial charge in [0.15, 0.2) is 4.77 Å². The zero-order valence-corrected chi connectivity index (χ0v) is 9.74. The highest BCUT2D eigenvalue weighted by molar-refractivity contribution is 7.71. The molecule has 2 aromatic rings. The van der Waals surface area contributed by atoms with Gasteiger partial charge in [-0.15, -0.1) is 0 Å². The summed E-state index contributed by atoms with van der Waals surface area (Å²) in [5.74, 6) is 0. The molecule has 0 aliphatic rings. The van der Waals surface area contributed by atoms with Crippen molar-refractivity contribution in [2.75, 3.05) is 0 Å². The Kier molecular flexibility index (Phi) is 2.42. The van der Waals surface area contributed by atoms with Gasteiger partial charge in [-0.3, -0.25) is 4.79 Å². The number of nitrogens with zero attached hydrogens (tertiary/aromatic N) is 2. The first-order valence-corrected chi connectivity index (χ1v) is 5.00. The van der Waals surface area contributed by atoms with Crippen LogP contribution in [0.1, 0.15) is 5.56 Å². The number of rotatable bonds is 0. The number of H-pyrrole nitrogens is 1. The van der Waals surface area contributed by atoms with E-state index in [0.29, 0.717) is 6.07 Å². The molecule has 4 nitrogen and oxygen atoms in total. The van der Waals surface area contributed by atoms with E-state index < -0.39 is 17.3 Å². The molecule has 17 heavy (non-hydrogen) atoms. The third-order valence-electron chi connectivity index (χ3n) is 2.55. The van der Waals surface area contributed by atoms with Gasteiger partial charge in [0.25, 0.3) is 0 Å². The van der Waals surface area contributed by atoms with Crippen molar-refractivity contribution in [2.24, 2.45) is 14.1 Å². The first kappa shape index (κ1) is 11.9. The summed E-state index contributed by atoms with van der Waals surface area (Å²) in [4.78, 5) is 13.6. The zero-order chi connectivity index (χ0) is 13.0. The fraction of sp³-hybridized carbons (Fsp3) is 0.333. The van der Waals surface area contributed by atoms with Crippen LogP contribution in [0, 0.1) is 4.77 Å². The maximum absolute atomic E-state index is 12.8. The Morgan fingerprint density at radius 1 is 1.29 bits per heavy atom. The van der Waals surface area contributed by atoms with Crippen LogP contribution >= 0.6 is 12.2 Å². The minimum absolute atomic E-state index is 0.0670. The van der Waals surface area contributed by atoms with E-state index in [1.807, 2.05) is 0 Å². The van der Waals surface area contributed by atoms with Crippen LogP contribution in [-0.4, -0.2) is 14.1 Å². The van der Waals surface area contributed by atoms with Crippen LogP contribution in [0.5, 0.6) is 0 Å². The van der Waals surface area contributed by atoms with Gasteiger partial charge in [-0.25, -0.2) is 0 Å². The fourth-order valence-corrected chi connectivity index (χ4v) is 1.94. The van der Waals surface area contributed by atoms with Gasteiger partial charge >= 0.3 is 6.18 Å². The van der Waals surface area contributed by atoms with Crippen LogP contribution in [0.15, 0.2) is 10.9 Å². The summed E-state index contributed by atoms with van der Waals surface area (Å²) in [5.41, 5.74) is -1.84. The quantitative estimate of drug-likeness (QED) is 0.738. The summed E-state index contributed by atoms with van der Waals surface area (Å²) in [6.45, 7) is 0. The molecule has 0 saturated heterocycles. The molecule has 0 bridgehead atoms. The third-order valence-corrected chi connectivity index (χ3v) is 3.09. The number of hydrogen-bond donors (Lipinski definition) is 1. The van der Waals surface area contributed by atoms with E-state index in [1.54, 1.807) is 0 Å². The topological polar surface area (TPSA) is 42.7 Å². The number of imidazole rings is 1. The highest BCUT2D eigenvalue weighted by Gasteiger charge is 2.35. The molecule has 0 amide bonds. The van der Waals surface area contributed by atoms with Gasteiger partial charge < -0.3 is 14.1 Å². The summed E-state index contributed by atoms with van der Waals surface area (Å²) in [7, 11) is 2.93. The molecule has 0 aliphatic heterocycles. The average Bonchev–Trinajstić information content (AvgIpc) is 2.42. The first-order valence-electron chi connectivity index (χ1n) is 4.59. The Bertz CT molecular complexity index is 707. The summed E-state index contributed by atoms with van der Waals surface area (Å²) >= 11 is 4.96. The SMILES string of the molecule is Cn1c(=S)n(C)c2c(C(F)(F)F)cc(=O)[nH]c21. The number of alkyl halides is 3. The van der Waals surface area contributed by atoms with Gasteiger partial charge in [-0.1, -0.05) is 0 Å². The lowest BCUT2D eigenvalue weighted by molar-refractivity contribution is -0.136. The van der Waals surface area contributed by atoms with E-state index in [9.17, 15) is 18.0 Å². The highest BCUT2D eigenvalue weighted by Crippen LogP contribution is 2.33. The van der Waals surface area contributed by atoms with Crippen molar-refractivity contribution in [3.8, 4) is 0 Å². The van der Waals surface area contributed by atoms with Crippen molar-refractivity contribution in [1.82, 2.24) is 14.1 Å². The molecule has 0 aliphatic carbocycles. The second-order valence-corrected chi connectivity index (χ2v) is 4.01. The average molecular weight is 263 g/mol. The van der Waals surface area contributed by atoms with Crippen LogP contribution in [-0.2, 0) is 20.3 Å². The molecule has 0 saturated carbocycles. The number of nitrogens with one attached hydrogen (secondary N) is 1. The van der Waals surface area contributed by atoms with Crippen molar-refractivity contribution < 1.29 is 13.2 Å². The Labute approximate surface area is 98.3 Å². The van der Waals surface area contributed by atoms with E-state index in [4.69, 9.17) is 12.2 Å². The molecule has 1 N–H and O–H groups in total. The summed E-state index contributed by atoms with van der Waals surface area (Å²) in [6, 6.07) is 0.539. The second-order valence-electron chi connectivity index (χ2n) is 3.64. The predicted molar refractivity (Wildman–Crippen MR) is 58.3 cm³/mol. The molecule has 2 rings (SSSR count). The Morgan fingerprint density at radius 2 is 1.88 bits per heavy atom. The van der Waals surface area contributed by atoms with Gasteiger partial charge in [0.05, 0.1) is 11.1 Å². The fourth-order valence-electron chi connectivity index (χ4n) is 1.75. The number of aromatic nitrogens is 3. The van der Waals surface area contributed by atoms with Gasteiger partial charge in [0, 0.05) is 20.2 Å². The van der Waals surface area contributed by atoms with Crippen LogP contribution in [0.3, 0.4) is 0 Å². The molecule has 0 unspecified atom stereocenters. The van der Waals surface area contributed by atoms with E-state index in [2.05, 4.69) is 4.98 Å². The zero-order valence-electron chi connectivity index (χ0n) is 8.92. The van der Waals surface area contributed by atoms with Crippen LogP contribution in [0.25, 0.3) is 11.2 Å². The standard InChI is InChI=1S/C9H8F3N3OS/c1-14-6-4(9(10,11)12)3-5(16)13-7(6)15(2)8(14)17/h3H,1-2H3,(H,13,16). The van der Waals surface area contributed by atoms with Crippen LogP contribution in [0.2, 0.25) is 0 Å². The molecule has 0 spiro atoms. The number of hydrogen-bond acceptors (Lipinski definition) is 2. The van der Waals surface area contributed by atoms with Gasteiger partial charge in [0.1, 0.15) is 5.65 Å². The van der Waals surface area contributed by atoms with Gasteiger partial charge in [-0.05, 0) is 12.2 Å². The normalized spacial score (nSPS) is 12.3. The predicted octanol–water partition coefficient (Wildman–Crippen LogP) is 1.95. The maximum Gasteiger partial charge on any atom is 0.418 e. The molecule has 0 atom stereocenters. The van der Waals surface area contributed by atoms with Gasteiger partial charge in [0.2, 0.25) is 5.56 Å². The second kappa shape index (κ2) is 3.46. The highest BCUT2D eigenvalue weighted by atomic mass is 32.1. The number of pyridine rings is 1. The minimum Gasteiger partial charge on any atom is -0.318 e. The van der Waals surface area contributed by atoms with Gasteiger partial charge in [-0.2, -0.15) is 13.2 Å². The molecule has 0 radical (unpaired) electrons. The smallest absolute Gasteiger partial charge is 0.318 e. The molecular weight excluding hydrogens is 255 g/mol. The van der Waals surface area contributed by atoms with E-state index >= 15 is 0 Å². The Hall–Kier alpha value is -1.57. The third kappa shape index (κ3) is 1.68. The molecule has 92 valence electrons. The Balaban J connectivity index is 3.10. The minimum atomic E-state index is -4.59. The number of aryl methyl sites for hydroxylation is 2. The monoisotopic (exact) mass is 263 g/mol. The number of fused-ring (bicyclic) bond motifs is 1. The number of halogens is 3. The summed E-state index contributed by atoms with van der Waals surface area (Å²) in [5, 5.41) is 0. The number of aromatic amines is 1. The van der Waals surface area contributed by atoms with Crippen LogP contribution < -0.4 is 5.56 Å². The molecule has 2 aromatic heterocycles. The van der Waals surface area contributed by atoms with E-state index in [0.717, 1.165) is 0 Å². The van der Waals surface area contributed by atoms with Crippen molar-refractivity contribution in [3.63, 3.8) is 0 Å². The van der Waals surface area contributed by atoms with E-state index in [-0.39, 0.29) is 15.9 Å². The van der Waals surface area contributed by atoms with Crippen molar-refractivity contribution in [1.29, 1.82) is 0 Å².